The van der Waals surface area contributed by atoms with Gasteiger partial charge in [-0.2, -0.15) is 10.2 Å². The predicted molar refractivity (Wildman–Crippen MR) is 69.6 cm³/mol. The Morgan fingerprint density at radius 1 is 1.35 bits per heavy atom. The fourth-order valence-electron chi connectivity index (χ4n) is 1.85. The average Bonchev–Trinajstić information content (AvgIpc) is 2.96. The fraction of sp³-hybridized carbons (Fsp3) is 0.500. The monoisotopic (exact) mass is 285 g/mol. The zero-order chi connectivity index (χ0) is 14.5. The van der Waals surface area contributed by atoms with Crippen LogP contribution in [0.1, 0.15) is 11.3 Å². The zero-order valence-corrected chi connectivity index (χ0v) is 11.1. The third-order valence-electron chi connectivity index (χ3n) is 2.96. The van der Waals surface area contributed by atoms with Crippen molar-refractivity contribution in [3.63, 3.8) is 0 Å². The van der Waals surface area contributed by atoms with Gasteiger partial charge in [0.05, 0.1) is 31.2 Å². The van der Waals surface area contributed by atoms with E-state index in [9.17, 15) is 8.78 Å². The predicted octanol–water partition coefficient (Wildman–Crippen LogP) is 1.26. The van der Waals surface area contributed by atoms with E-state index in [1.165, 1.54) is 4.68 Å². The van der Waals surface area contributed by atoms with E-state index in [4.69, 9.17) is 5.11 Å². The van der Waals surface area contributed by atoms with Crippen LogP contribution in [0, 0.1) is 6.92 Å². The SMILES string of the molecule is Cc1c(CNc2cnn(CCO)c2)cnn1CC(F)F. The molecule has 2 aromatic rings. The summed E-state index contributed by atoms with van der Waals surface area (Å²) < 4.78 is 27.6. The molecule has 2 rings (SSSR count). The van der Waals surface area contributed by atoms with E-state index in [0.717, 1.165) is 16.9 Å². The smallest absolute Gasteiger partial charge is 0.257 e. The van der Waals surface area contributed by atoms with Crippen LogP contribution in [0.5, 0.6) is 0 Å². The summed E-state index contributed by atoms with van der Waals surface area (Å²) >= 11 is 0. The number of anilines is 1. The summed E-state index contributed by atoms with van der Waals surface area (Å²) in [4.78, 5) is 0. The summed E-state index contributed by atoms with van der Waals surface area (Å²) in [6.07, 6.45) is 2.60. The van der Waals surface area contributed by atoms with Crippen LogP contribution >= 0.6 is 0 Å². The van der Waals surface area contributed by atoms with Crippen LogP contribution in [-0.4, -0.2) is 37.7 Å². The first-order valence-electron chi connectivity index (χ1n) is 6.26. The summed E-state index contributed by atoms with van der Waals surface area (Å²) in [7, 11) is 0. The second-order valence-corrected chi connectivity index (χ2v) is 4.40. The molecular formula is C12H17F2N5O. The van der Waals surface area contributed by atoms with Crippen molar-refractivity contribution in [3.05, 3.63) is 29.8 Å². The lowest BCUT2D eigenvalue weighted by atomic mass is 10.2. The Hall–Kier alpha value is -1.96. The summed E-state index contributed by atoms with van der Waals surface area (Å²) in [5.41, 5.74) is 2.39. The van der Waals surface area contributed by atoms with E-state index in [1.807, 2.05) is 0 Å². The molecular weight excluding hydrogens is 268 g/mol. The Bertz CT molecular complexity index is 552. The van der Waals surface area contributed by atoms with Gasteiger partial charge in [-0.15, -0.1) is 0 Å². The Morgan fingerprint density at radius 2 is 2.15 bits per heavy atom. The number of aliphatic hydroxyl groups excluding tert-OH is 1. The molecule has 0 aromatic carbocycles. The average molecular weight is 285 g/mol. The van der Waals surface area contributed by atoms with Crippen LogP contribution in [0.15, 0.2) is 18.6 Å². The molecule has 0 spiro atoms. The van der Waals surface area contributed by atoms with E-state index in [-0.39, 0.29) is 13.2 Å². The lowest BCUT2D eigenvalue weighted by Crippen LogP contribution is -2.10. The van der Waals surface area contributed by atoms with Crippen molar-refractivity contribution in [2.24, 2.45) is 0 Å². The standard InChI is InChI=1S/C12H17F2N5O/c1-9-10(5-17-19(9)8-12(13)14)4-15-11-6-16-18(7-11)2-3-20/h5-7,12,15,20H,2-4,8H2,1H3. The van der Waals surface area contributed by atoms with Crippen molar-refractivity contribution in [1.29, 1.82) is 0 Å². The molecule has 0 aliphatic heterocycles. The Morgan fingerprint density at radius 3 is 2.85 bits per heavy atom. The van der Waals surface area contributed by atoms with Gasteiger partial charge in [0.2, 0.25) is 0 Å². The van der Waals surface area contributed by atoms with Crippen molar-refractivity contribution in [2.75, 3.05) is 11.9 Å². The molecule has 0 aliphatic rings. The van der Waals surface area contributed by atoms with Gasteiger partial charge >= 0.3 is 0 Å². The normalized spacial score (nSPS) is 11.2. The molecule has 8 heteroatoms. The van der Waals surface area contributed by atoms with Crippen molar-refractivity contribution in [2.45, 2.75) is 33.0 Å². The molecule has 2 aromatic heterocycles. The maximum atomic E-state index is 12.3. The third-order valence-corrected chi connectivity index (χ3v) is 2.96. The van der Waals surface area contributed by atoms with Crippen molar-refractivity contribution in [1.82, 2.24) is 19.6 Å². The minimum Gasteiger partial charge on any atom is -0.394 e. The van der Waals surface area contributed by atoms with Gasteiger partial charge < -0.3 is 10.4 Å². The summed E-state index contributed by atoms with van der Waals surface area (Å²) in [5, 5.41) is 19.9. The number of halogens is 2. The summed E-state index contributed by atoms with van der Waals surface area (Å²) in [6, 6.07) is 0. The minimum absolute atomic E-state index is 0.0284. The van der Waals surface area contributed by atoms with E-state index in [2.05, 4.69) is 15.5 Å². The van der Waals surface area contributed by atoms with Crippen LogP contribution in [0.4, 0.5) is 14.5 Å². The highest BCUT2D eigenvalue weighted by molar-refractivity contribution is 5.39. The second kappa shape index (κ2) is 6.47. The molecule has 2 N–H and O–H groups in total. The quantitative estimate of drug-likeness (QED) is 0.803. The van der Waals surface area contributed by atoms with Crippen molar-refractivity contribution >= 4 is 5.69 Å². The number of aliphatic hydroxyl groups is 1. The van der Waals surface area contributed by atoms with Gasteiger partial charge in [-0.3, -0.25) is 9.36 Å². The van der Waals surface area contributed by atoms with E-state index >= 15 is 0 Å². The van der Waals surface area contributed by atoms with Crippen molar-refractivity contribution in [3.8, 4) is 0 Å². The molecule has 2 heterocycles. The fourth-order valence-corrected chi connectivity index (χ4v) is 1.85. The molecule has 0 amide bonds. The highest BCUT2D eigenvalue weighted by atomic mass is 19.3. The first-order chi connectivity index (χ1) is 9.60. The largest absolute Gasteiger partial charge is 0.394 e. The number of nitrogens with one attached hydrogen (secondary N) is 1. The second-order valence-electron chi connectivity index (χ2n) is 4.40. The van der Waals surface area contributed by atoms with Crippen LogP contribution in [0.2, 0.25) is 0 Å². The molecule has 0 saturated heterocycles. The Labute approximate surface area is 115 Å². The lowest BCUT2D eigenvalue weighted by Gasteiger charge is -2.05. The van der Waals surface area contributed by atoms with E-state index < -0.39 is 6.43 Å². The van der Waals surface area contributed by atoms with Crippen LogP contribution in [-0.2, 0) is 19.6 Å². The van der Waals surface area contributed by atoms with Gasteiger partial charge in [0.15, 0.2) is 0 Å². The highest BCUT2D eigenvalue weighted by Gasteiger charge is 2.10. The molecule has 20 heavy (non-hydrogen) atoms. The molecule has 0 fully saturated rings. The molecule has 110 valence electrons. The molecule has 0 unspecified atom stereocenters. The highest BCUT2D eigenvalue weighted by Crippen LogP contribution is 2.12. The van der Waals surface area contributed by atoms with E-state index in [0.29, 0.717) is 13.1 Å². The van der Waals surface area contributed by atoms with Crippen LogP contribution in [0.3, 0.4) is 0 Å². The van der Waals surface area contributed by atoms with Gasteiger partial charge in [-0.25, -0.2) is 8.78 Å². The maximum absolute atomic E-state index is 12.3. The Kier molecular flexibility index (Phi) is 4.67. The maximum Gasteiger partial charge on any atom is 0.257 e. The topological polar surface area (TPSA) is 67.9 Å². The Balaban J connectivity index is 1.94. The van der Waals surface area contributed by atoms with Crippen LogP contribution in [0.25, 0.3) is 0 Å². The lowest BCUT2D eigenvalue weighted by molar-refractivity contribution is 0.121. The summed E-state index contributed by atoms with van der Waals surface area (Å²) in [5.74, 6) is 0. The molecule has 0 saturated carbocycles. The van der Waals surface area contributed by atoms with Gasteiger partial charge in [0.1, 0.15) is 6.54 Å². The molecule has 0 aliphatic carbocycles. The minimum atomic E-state index is -2.41. The van der Waals surface area contributed by atoms with E-state index in [1.54, 1.807) is 30.2 Å². The van der Waals surface area contributed by atoms with Gasteiger partial charge in [0.25, 0.3) is 6.43 Å². The number of alkyl halides is 2. The molecule has 6 nitrogen and oxygen atoms in total. The van der Waals surface area contributed by atoms with Gasteiger partial charge in [0, 0.05) is 24.0 Å². The van der Waals surface area contributed by atoms with Gasteiger partial charge in [-0.1, -0.05) is 0 Å². The van der Waals surface area contributed by atoms with Gasteiger partial charge in [-0.05, 0) is 6.92 Å². The van der Waals surface area contributed by atoms with Crippen LogP contribution < -0.4 is 5.32 Å². The first-order valence-corrected chi connectivity index (χ1v) is 6.26. The summed E-state index contributed by atoms with van der Waals surface area (Å²) in [6.45, 7) is 2.33. The molecule has 0 bridgehead atoms. The number of aromatic nitrogens is 4. The third kappa shape index (κ3) is 3.53. The molecule has 0 radical (unpaired) electrons. The number of rotatable bonds is 7. The number of nitrogens with zero attached hydrogens (tertiary/aromatic N) is 4. The van der Waals surface area contributed by atoms with Crippen molar-refractivity contribution < 1.29 is 13.9 Å². The number of hydrogen-bond acceptors (Lipinski definition) is 4. The number of hydrogen-bond donors (Lipinski definition) is 2. The zero-order valence-electron chi connectivity index (χ0n) is 11.1. The first kappa shape index (κ1) is 14.4. The molecule has 0 atom stereocenters.